The average molecular weight is 597 g/mol. The van der Waals surface area contributed by atoms with Crippen molar-refractivity contribution in [2.75, 3.05) is 24.6 Å². The standard InChI is InChI=1S/C23H19NO3.C15H13NO2/c25-23(15-18-4-2-1-3-5-18)24-20-11-8-17(9-12-20)6-7-19-10-13-21-22(14-19)27-16-26-21;16-13-6-3-11(4-7-13)1-2-12-5-8-14-15(9-12)18-10-17-14/h1-14H,15-16H2,(H,24,25);1-9H,10,16H2/b7-6+;2-1+. The molecule has 7 rings (SSSR count). The maximum absolute atomic E-state index is 12.1. The van der Waals surface area contributed by atoms with E-state index < -0.39 is 0 Å². The molecule has 0 spiro atoms. The molecule has 0 atom stereocenters. The number of rotatable bonds is 7. The number of nitrogen functional groups attached to an aromatic ring is 1. The van der Waals surface area contributed by atoms with Crippen molar-refractivity contribution in [3.05, 3.63) is 143 Å². The van der Waals surface area contributed by atoms with Gasteiger partial charge in [0.25, 0.3) is 0 Å². The van der Waals surface area contributed by atoms with Crippen molar-refractivity contribution in [1.29, 1.82) is 0 Å². The molecule has 0 saturated heterocycles. The minimum atomic E-state index is -0.0233. The molecule has 2 aliphatic heterocycles. The second-order valence-corrected chi connectivity index (χ2v) is 10.4. The van der Waals surface area contributed by atoms with Crippen LogP contribution >= 0.6 is 0 Å². The Morgan fingerprint density at radius 3 is 1.60 bits per heavy atom. The fourth-order valence-electron chi connectivity index (χ4n) is 4.69. The van der Waals surface area contributed by atoms with Crippen LogP contribution in [-0.2, 0) is 11.2 Å². The van der Waals surface area contributed by atoms with Crippen molar-refractivity contribution in [3.63, 3.8) is 0 Å². The predicted molar refractivity (Wildman–Crippen MR) is 179 cm³/mol. The van der Waals surface area contributed by atoms with Crippen molar-refractivity contribution >= 4 is 41.6 Å². The highest BCUT2D eigenvalue weighted by atomic mass is 16.7. The van der Waals surface area contributed by atoms with Crippen molar-refractivity contribution in [3.8, 4) is 23.0 Å². The van der Waals surface area contributed by atoms with Crippen LogP contribution in [-0.4, -0.2) is 19.5 Å². The summed E-state index contributed by atoms with van der Waals surface area (Å²) in [4.78, 5) is 12.1. The van der Waals surface area contributed by atoms with E-state index >= 15 is 0 Å². The molecular weight excluding hydrogens is 564 g/mol. The van der Waals surface area contributed by atoms with Gasteiger partial charge < -0.3 is 30.0 Å². The van der Waals surface area contributed by atoms with E-state index in [1.165, 1.54) is 0 Å². The van der Waals surface area contributed by atoms with E-state index in [4.69, 9.17) is 24.7 Å². The van der Waals surface area contributed by atoms with Crippen LogP contribution in [0.2, 0.25) is 0 Å². The van der Waals surface area contributed by atoms with Gasteiger partial charge in [-0.3, -0.25) is 4.79 Å². The van der Waals surface area contributed by atoms with Crippen LogP contribution in [0.15, 0.2) is 115 Å². The summed E-state index contributed by atoms with van der Waals surface area (Å²) < 4.78 is 21.3. The molecule has 0 saturated carbocycles. The van der Waals surface area contributed by atoms with Gasteiger partial charge in [0.05, 0.1) is 6.42 Å². The second kappa shape index (κ2) is 14.0. The van der Waals surface area contributed by atoms with Gasteiger partial charge in [-0.25, -0.2) is 0 Å². The molecule has 0 aliphatic carbocycles. The SMILES string of the molecule is Nc1ccc(/C=C/c2ccc3c(c2)OCO3)cc1.O=C(Cc1ccccc1)Nc1ccc(/C=C/c2ccc3c(c2)OCO3)cc1. The van der Waals surface area contributed by atoms with Gasteiger partial charge in [0.15, 0.2) is 23.0 Å². The third-order valence-corrected chi connectivity index (χ3v) is 7.07. The van der Waals surface area contributed by atoms with E-state index in [1.54, 1.807) is 0 Å². The van der Waals surface area contributed by atoms with Gasteiger partial charge in [-0.1, -0.05) is 91.0 Å². The number of carbonyl (C=O) groups excluding carboxylic acids is 1. The number of benzene rings is 5. The molecule has 5 aromatic rings. The Hall–Kier alpha value is -5.95. The molecule has 224 valence electrons. The van der Waals surface area contributed by atoms with E-state index in [0.29, 0.717) is 13.2 Å². The summed E-state index contributed by atoms with van der Waals surface area (Å²) in [5.41, 5.74) is 12.5. The van der Waals surface area contributed by atoms with Gasteiger partial charge in [0, 0.05) is 11.4 Å². The molecule has 7 nitrogen and oxygen atoms in total. The molecule has 45 heavy (non-hydrogen) atoms. The summed E-state index contributed by atoms with van der Waals surface area (Å²) in [6, 6.07) is 37.0. The summed E-state index contributed by atoms with van der Waals surface area (Å²) in [6.45, 7) is 0.584. The molecule has 2 heterocycles. The zero-order valence-electron chi connectivity index (χ0n) is 24.5. The van der Waals surface area contributed by atoms with E-state index in [9.17, 15) is 4.79 Å². The van der Waals surface area contributed by atoms with Crippen LogP contribution in [0.5, 0.6) is 23.0 Å². The number of nitrogens with one attached hydrogen (secondary N) is 1. The molecule has 1 amide bonds. The average Bonchev–Trinajstić information content (AvgIpc) is 3.74. The van der Waals surface area contributed by atoms with E-state index in [0.717, 1.165) is 62.2 Å². The van der Waals surface area contributed by atoms with Crippen LogP contribution in [0.1, 0.15) is 27.8 Å². The van der Waals surface area contributed by atoms with Gasteiger partial charge in [0.2, 0.25) is 19.5 Å². The number of ether oxygens (including phenoxy) is 4. The Kier molecular flexibility index (Phi) is 9.07. The van der Waals surface area contributed by atoms with Gasteiger partial charge in [-0.15, -0.1) is 0 Å². The minimum Gasteiger partial charge on any atom is -0.454 e. The molecule has 2 aliphatic rings. The molecule has 0 fully saturated rings. The largest absolute Gasteiger partial charge is 0.454 e. The Morgan fingerprint density at radius 1 is 0.578 bits per heavy atom. The normalized spacial score (nSPS) is 12.6. The lowest BCUT2D eigenvalue weighted by molar-refractivity contribution is -0.115. The Morgan fingerprint density at radius 2 is 1.04 bits per heavy atom. The lowest BCUT2D eigenvalue weighted by Gasteiger charge is -2.06. The molecule has 7 heteroatoms. The van der Waals surface area contributed by atoms with Gasteiger partial charge in [0.1, 0.15) is 0 Å². The number of fused-ring (bicyclic) bond motifs is 2. The summed E-state index contributed by atoms with van der Waals surface area (Å²) in [5, 5.41) is 2.93. The van der Waals surface area contributed by atoms with Crippen molar-refractivity contribution in [2.45, 2.75) is 6.42 Å². The molecule has 0 bridgehead atoms. The molecule has 0 aromatic heterocycles. The van der Waals surface area contributed by atoms with Gasteiger partial charge >= 0.3 is 0 Å². The number of carbonyl (C=O) groups is 1. The van der Waals surface area contributed by atoms with E-state index in [-0.39, 0.29) is 12.7 Å². The maximum Gasteiger partial charge on any atom is 0.231 e. The van der Waals surface area contributed by atoms with Crippen LogP contribution in [0.25, 0.3) is 24.3 Å². The lowest BCUT2D eigenvalue weighted by atomic mass is 10.1. The highest BCUT2D eigenvalue weighted by Crippen LogP contribution is 2.34. The Balaban J connectivity index is 0.000000172. The van der Waals surface area contributed by atoms with Crippen LogP contribution in [0, 0.1) is 0 Å². The molecule has 3 N–H and O–H groups in total. The van der Waals surface area contributed by atoms with Crippen molar-refractivity contribution in [2.24, 2.45) is 0 Å². The third-order valence-electron chi connectivity index (χ3n) is 7.07. The first kappa shape index (κ1) is 29.1. The zero-order chi connectivity index (χ0) is 30.8. The number of nitrogens with two attached hydrogens (primary N) is 1. The topological polar surface area (TPSA) is 92.0 Å². The van der Waals surface area contributed by atoms with Crippen molar-refractivity contribution < 1.29 is 23.7 Å². The summed E-state index contributed by atoms with van der Waals surface area (Å²) in [7, 11) is 0. The second-order valence-electron chi connectivity index (χ2n) is 10.4. The first-order chi connectivity index (χ1) is 22.1. The first-order valence-corrected chi connectivity index (χ1v) is 14.5. The number of hydrogen-bond acceptors (Lipinski definition) is 6. The third kappa shape index (κ3) is 8.12. The summed E-state index contributed by atoms with van der Waals surface area (Å²) in [6.07, 6.45) is 8.48. The van der Waals surface area contributed by atoms with Gasteiger partial charge in [-0.2, -0.15) is 0 Å². The Bertz CT molecular complexity index is 1810. The monoisotopic (exact) mass is 596 g/mol. The molecular formula is C38H32N2O5. The fourth-order valence-corrected chi connectivity index (χ4v) is 4.69. The lowest BCUT2D eigenvalue weighted by Crippen LogP contribution is -2.14. The quantitative estimate of drug-likeness (QED) is 0.146. The van der Waals surface area contributed by atoms with E-state index in [2.05, 4.69) is 5.32 Å². The highest BCUT2D eigenvalue weighted by Gasteiger charge is 2.13. The highest BCUT2D eigenvalue weighted by molar-refractivity contribution is 5.92. The first-order valence-electron chi connectivity index (χ1n) is 14.5. The molecule has 0 radical (unpaired) electrons. The molecule has 5 aromatic carbocycles. The summed E-state index contributed by atoms with van der Waals surface area (Å²) in [5.74, 6) is 3.13. The predicted octanol–water partition coefficient (Wildman–Crippen LogP) is 7.93. The van der Waals surface area contributed by atoms with Gasteiger partial charge in [-0.05, 0) is 76.3 Å². The zero-order valence-corrected chi connectivity index (χ0v) is 24.5. The minimum absolute atomic E-state index is 0.0233. The van der Waals surface area contributed by atoms with Crippen molar-refractivity contribution in [1.82, 2.24) is 0 Å². The van der Waals surface area contributed by atoms with Crippen LogP contribution < -0.4 is 30.0 Å². The maximum atomic E-state index is 12.1. The van der Waals surface area contributed by atoms with Crippen LogP contribution in [0.3, 0.4) is 0 Å². The summed E-state index contributed by atoms with van der Waals surface area (Å²) >= 11 is 0. The fraction of sp³-hybridized carbons (Fsp3) is 0.0789. The number of anilines is 2. The van der Waals surface area contributed by atoms with Crippen LogP contribution in [0.4, 0.5) is 11.4 Å². The number of amides is 1. The smallest absolute Gasteiger partial charge is 0.231 e. The number of hydrogen-bond donors (Lipinski definition) is 2. The Labute approximate surface area is 262 Å². The van der Waals surface area contributed by atoms with E-state index in [1.807, 2.05) is 140 Å². The molecule has 0 unspecified atom stereocenters.